The molecule has 2 fully saturated rings. The van der Waals surface area contributed by atoms with Crippen molar-refractivity contribution in [2.45, 2.75) is 57.8 Å². The molecule has 0 radical (unpaired) electrons. The number of piperidine rings is 1. The molecule has 2 aliphatic heterocycles. The van der Waals surface area contributed by atoms with Gasteiger partial charge in [0.1, 0.15) is 11.9 Å². The Hall–Kier alpha value is -0.770. The van der Waals surface area contributed by atoms with Crippen LogP contribution in [0.25, 0.3) is 0 Å². The Kier molecular flexibility index (Phi) is 11.6. The minimum Gasteiger partial charge on any atom is -0.489 e. The molecule has 8 heteroatoms. The van der Waals surface area contributed by atoms with Gasteiger partial charge in [-0.15, -0.1) is 24.0 Å². The summed E-state index contributed by atoms with van der Waals surface area (Å²) in [6.07, 6.45) is 4.94. The van der Waals surface area contributed by atoms with Gasteiger partial charge in [-0.05, 0) is 63.8 Å². The number of guanidine groups is 1. The monoisotopic (exact) mass is 551 g/mol. The van der Waals surface area contributed by atoms with E-state index in [9.17, 15) is 0 Å². The van der Waals surface area contributed by atoms with E-state index in [1.165, 1.54) is 0 Å². The molecule has 0 aromatic heterocycles. The van der Waals surface area contributed by atoms with Gasteiger partial charge in [0.25, 0.3) is 0 Å². The molecule has 0 amide bonds. The lowest BCUT2D eigenvalue weighted by molar-refractivity contribution is -0.0367. The highest BCUT2D eigenvalue weighted by molar-refractivity contribution is 14.0. The summed E-state index contributed by atoms with van der Waals surface area (Å²) in [6, 6.07) is 7.44. The molecule has 3 rings (SSSR count). The molecule has 1 aromatic carbocycles. The average Bonchev–Trinajstić information content (AvgIpc) is 3.25. The number of likely N-dealkylation sites (tertiary alicyclic amines) is 1. The Bertz CT molecular complexity index is 633. The molecular formula is C22H35ClIN3O3. The summed E-state index contributed by atoms with van der Waals surface area (Å²) >= 11 is 5.93. The van der Waals surface area contributed by atoms with E-state index < -0.39 is 0 Å². The minimum atomic E-state index is -0.0166. The van der Waals surface area contributed by atoms with Crippen molar-refractivity contribution in [2.75, 3.05) is 39.4 Å². The molecule has 2 aliphatic rings. The van der Waals surface area contributed by atoms with Crippen LogP contribution >= 0.6 is 35.6 Å². The molecule has 2 heterocycles. The van der Waals surface area contributed by atoms with E-state index in [2.05, 4.69) is 17.1 Å². The zero-order valence-corrected chi connectivity index (χ0v) is 21.1. The minimum absolute atomic E-state index is 0. The second kappa shape index (κ2) is 13.6. The highest BCUT2D eigenvalue weighted by atomic mass is 127. The first kappa shape index (κ1) is 25.5. The largest absolute Gasteiger partial charge is 0.489 e. The van der Waals surface area contributed by atoms with Crippen LogP contribution in [0.15, 0.2) is 29.3 Å². The van der Waals surface area contributed by atoms with Crippen LogP contribution in [0.3, 0.4) is 0 Å². The van der Waals surface area contributed by atoms with Gasteiger partial charge in [-0.1, -0.05) is 11.6 Å². The van der Waals surface area contributed by atoms with E-state index in [0.29, 0.717) is 23.8 Å². The number of nitrogens with one attached hydrogen (secondary N) is 1. The molecule has 170 valence electrons. The van der Waals surface area contributed by atoms with Crippen LogP contribution in [-0.2, 0) is 9.47 Å². The first-order valence-electron chi connectivity index (χ1n) is 10.8. The molecule has 30 heavy (non-hydrogen) atoms. The fraction of sp³-hybridized carbons (Fsp3) is 0.682. The number of aliphatic imine (C=N–C) groups is 1. The smallest absolute Gasteiger partial charge is 0.194 e. The Morgan fingerprint density at radius 2 is 2.00 bits per heavy atom. The lowest BCUT2D eigenvalue weighted by Gasteiger charge is -2.34. The number of hydrogen-bond donors (Lipinski definition) is 1. The molecule has 1 aromatic rings. The van der Waals surface area contributed by atoms with E-state index >= 15 is 0 Å². The number of rotatable bonds is 8. The van der Waals surface area contributed by atoms with E-state index in [0.717, 1.165) is 70.2 Å². The van der Waals surface area contributed by atoms with Crippen LogP contribution < -0.4 is 10.1 Å². The molecular weight excluding hydrogens is 517 g/mol. The van der Waals surface area contributed by atoms with Crippen LogP contribution in [0.5, 0.6) is 5.75 Å². The van der Waals surface area contributed by atoms with Gasteiger partial charge in [0.15, 0.2) is 5.96 Å². The van der Waals surface area contributed by atoms with E-state index in [-0.39, 0.29) is 30.1 Å². The molecule has 0 aliphatic carbocycles. The predicted octanol–water partition coefficient (Wildman–Crippen LogP) is 4.35. The van der Waals surface area contributed by atoms with Crippen LogP contribution in [0, 0.1) is 0 Å². The molecule has 0 spiro atoms. The van der Waals surface area contributed by atoms with Crippen molar-refractivity contribution < 1.29 is 14.2 Å². The van der Waals surface area contributed by atoms with Gasteiger partial charge in [-0.25, -0.2) is 4.99 Å². The van der Waals surface area contributed by atoms with Gasteiger partial charge >= 0.3 is 0 Å². The highest BCUT2D eigenvalue weighted by Gasteiger charge is 2.24. The molecule has 1 N–H and O–H groups in total. The number of hydrogen-bond acceptors (Lipinski definition) is 4. The van der Waals surface area contributed by atoms with Crippen molar-refractivity contribution in [3.05, 3.63) is 29.3 Å². The van der Waals surface area contributed by atoms with Crippen LogP contribution in [0.4, 0.5) is 0 Å². The summed E-state index contributed by atoms with van der Waals surface area (Å²) in [5.74, 6) is 1.77. The first-order chi connectivity index (χ1) is 14.1. The summed E-state index contributed by atoms with van der Waals surface area (Å²) in [5, 5.41) is 4.12. The maximum Gasteiger partial charge on any atom is 0.194 e. The summed E-state index contributed by atoms with van der Waals surface area (Å²) in [6.45, 7) is 9.10. The number of ether oxygens (including phenoxy) is 3. The SMILES string of the molecule is CCNC(=NCC(C)Oc1ccc(Cl)cc1)N1CCC(OCC2CCCO2)CC1.I. The maximum atomic E-state index is 6.09. The van der Waals surface area contributed by atoms with E-state index in [4.69, 9.17) is 30.8 Å². The summed E-state index contributed by atoms with van der Waals surface area (Å²) in [4.78, 5) is 7.13. The molecule has 2 saturated heterocycles. The van der Waals surface area contributed by atoms with Gasteiger partial charge in [-0.2, -0.15) is 0 Å². The van der Waals surface area contributed by atoms with Crippen LogP contribution in [-0.4, -0.2) is 68.6 Å². The lowest BCUT2D eigenvalue weighted by Crippen LogP contribution is -2.47. The van der Waals surface area contributed by atoms with Crippen molar-refractivity contribution in [3.63, 3.8) is 0 Å². The van der Waals surface area contributed by atoms with Crippen molar-refractivity contribution in [1.82, 2.24) is 10.2 Å². The second-order valence-electron chi connectivity index (χ2n) is 7.73. The van der Waals surface area contributed by atoms with Gasteiger partial charge in [0.05, 0.1) is 25.4 Å². The Balaban J connectivity index is 0.00000320. The quantitative estimate of drug-likeness (QED) is 0.296. The molecule has 2 atom stereocenters. The van der Waals surface area contributed by atoms with Crippen molar-refractivity contribution >= 4 is 41.5 Å². The van der Waals surface area contributed by atoms with Crippen LogP contribution in [0.1, 0.15) is 39.5 Å². The Morgan fingerprint density at radius 1 is 1.27 bits per heavy atom. The summed E-state index contributed by atoms with van der Waals surface area (Å²) < 4.78 is 17.7. The van der Waals surface area contributed by atoms with Gasteiger partial charge < -0.3 is 24.4 Å². The third kappa shape index (κ3) is 8.40. The third-order valence-corrected chi connectivity index (χ3v) is 5.52. The maximum absolute atomic E-state index is 6.09. The zero-order valence-electron chi connectivity index (χ0n) is 18.0. The topological polar surface area (TPSA) is 55.3 Å². The number of nitrogens with zero attached hydrogens (tertiary/aromatic N) is 2. The highest BCUT2D eigenvalue weighted by Crippen LogP contribution is 2.19. The van der Waals surface area contributed by atoms with Gasteiger partial charge in [0.2, 0.25) is 0 Å². The normalized spacial score (nSPS) is 21.2. The zero-order chi connectivity index (χ0) is 20.5. The van der Waals surface area contributed by atoms with Gasteiger partial charge in [-0.3, -0.25) is 0 Å². The average molecular weight is 552 g/mol. The van der Waals surface area contributed by atoms with E-state index in [1.807, 2.05) is 31.2 Å². The fourth-order valence-electron chi connectivity index (χ4n) is 3.68. The Labute approximate surface area is 202 Å². The van der Waals surface area contributed by atoms with Crippen molar-refractivity contribution in [1.29, 1.82) is 0 Å². The number of halogens is 2. The van der Waals surface area contributed by atoms with Crippen LogP contribution in [0.2, 0.25) is 5.02 Å². The molecule has 6 nitrogen and oxygen atoms in total. The first-order valence-corrected chi connectivity index (χ1v) is 11.2. The molecule has 0 bridgehead atoms. The molecule has 2 unspecified atom stereocenters. The summed E-state index contributed by atoms with van der Waals surface area (Å²) in [7, 11) is 0. The van der Waals surface area contributed by atoms with Crippen molar-refractivity contribution in [3.8, 4) is 5.75 Å². The van der Waals surface area contributed by atoms with Gasteiger partial charge in [0, 0.05) is 31.3 Å². The fourth-order valence-corrected chi connectivity index (χ4v) is 3.80. The molecule has 0 saturated carbocycles. The lowest BCUT2D eigenvalue weighted by atomic mass is 10.1. The standard InChI is InChI=1S/C22H34ClN3O3.HI/c1-3-24-22(25-15-17(2)29-20-8-6-18(23)7-9-20)26-12-10-19(11-13-26)28-16-21-5-4-14-27-21;/h6-9,17,19,21H,3-5,10-16H2,1-2H3,(H,24,25);1H. The third-order valence-electron chi connectivity index (χ3n) is 5.27. The number of benzene rings is 1. The summed E-state index contributed by atoms with van der Waals surface area (Å²) in [5.41, 5.74) is 0. The van der Waals surface area contributed by atoms with E-state index in [1.54, 1.807) is 0 Å². The Morgan fingerprint density at radius 3 is 2.63 bits per heavy atom. The van der Waals surface area contributed by atoms with Crippen molar-refractivity contribution in [2.24, 2.45) is 4.99 Å². The second-order valence-corrected chi connectivity index (χ2v) is 8.17. The predicted molar refractivity (Wildman–Crippen MR) is 132 cm³/mol.